The topological polar surface area (TPSA) is 71.0 Å². The molecule has 0 saturated heterocycles. The van der Waals surface area contributed by atoms with Crippen molar-refractivity contribution >= 4 is 43.6 Å². The fourth-order valence-electron chi connectivity index (χ4n) is 4.05. The number of halogens is 1. The number of carbonyl (C=O) groups excluding carboxylic acids is 1. The second kappa shape index (κ2) is 7.15. The van der Waals surface area contributed by atoms with Crippen LogP contribution in [0.4, 0.5) is 0 Å². The van der Waals surface area contributed by atoms with Crippen LogP contribution in [0.25, 0.3) is 21.8 Å². The zero-order chi connectivity index (χ0) is 20.0. The van der Waals surface area contributed by atoms with Crippen LogP contribution in [0.1, 0.15) is 17.7 Å². The summed E-state index contributed by atoms with van der Waals surface area (Å²) in [5.74, 6) is 0.0556. The Balaban J connectivity index is 1.34. The van der Waals surface area contributed by atoms with Crippen molar-refractivity contribution in [1.82, 2.24) is 19.4 Å². The van der Waals surface area contributed by atoms with E-state index in [0.29, 0.717) is 30.5 Å². The van der Waals surface area contributed by atoms with Gasteiger partial charge in [0, 0.05) is 53.6 Å². The van der Waals surface area contributed by atoms with Gasteiger partial charge in [0.1, 0.15) is 0 Å². The van der Waals surface area contributed by atoms with Crippen LogP contribution in [0.5, 0.6) is 0 Å². The van der Waals surface area contributed by atoms with Crippen LogP contribution in [0.2, 0.25) is 0 Å². The van der Waals surface area contributed by atoms with Crippen LogP contribution in [-0.2, 0) is 24.3 Å². The van der Waals surface area contributed by atoms with Crippen LogP contribution >= 0.6 is 15.9 Å². The number of nitrogens with zero attached hydrogens (tertiary/aromatic N) is 3. The Hall–Kier alpha value is -2.93. The summed E-state index contributed by atoms with van der Waals surface area (Å²) in [6.07, 6.45) is 2.62. The van der Waals surface area contributed by atoms with Gasteiger partial charge in [0.05, 0.1) is 22.7 Å². The van der Waals surface area contributed by atoms with Crippen LogP contribution in [0, 0.1) is 0 Å². The molecule has 29 heavy (non-hydrogen) atoms. The van der Waals surface area contributed by atoms with E-state index in [-0.39, 0.29) is 17.9 Å². The average Bonchev–Trinajstić information content (AvgIpc) is 3.13. The quantitative estimate of drug-likeness (QED) is 0.518. The molecule has 5 rings (SSSR count). The molecule has 0 atom stereocenters. The maximum Gasteiger partial charge on any atom is 0.261 e. The van der Waals surface area contributed by atoms with E-state index in [0.717, 1.165) is 21.8 Å². The first kappa shape index (κ1) is 18.1. The van der Waals surface area contributed by atoms with Gasteiger partial charge in [-0.25, -0.2) is 4.98 Å². The van der Waals surface area contributed by atoms with Crippen molar-refractivity contribution in [1.29, 1.82) is 0 Å². The third-order valence-electron chi connectivity index (χ3n) is 5.61. The summed E-state index contributed by atoms with van der Waals surface area (Å²) >= 11 is 3.59. The minimum absolute atomic E-state index is 0.0556. The third kappa shape index (κ3) is 3.15. The van der Waals surface area contributed by atoms with Gasteiger partial charge in [-0.1, -0.05) is 24.3 Å². The van der Waals surface area contributed by atoms with Gasteiger partial charge in [-0.05, 0) is 34.1 Å². The van der Waals surface area contributed by atoms with Crippen LogP contribution in [-0.4, -0.2) is 31.9 Å². The van der Waals surface area contributed by atoms with E-state index in [9.17, 15) is 9.59 Å². The van der Waals surface area contributed by atoms with Crippen LogP contribution in [0.15, 0.2) is 58.1 Å². The second-order valence-electron chi connectivity index (χ2n) is 7.32. The molecule has 0 saturated carbocycles. The molecule has 1 aliphatic heterocycles. The normalized spacial score (nSPS) is 13.8. The Labute approximate surface area is 175 Å². The van der Waals surface area contributed by atoms with Gasteiger partial charge in [0.25, 0.3) is 5.56 Å². The first-order valence-corrected chi connectivity index (χ1v) is 10.4. The lowest BCUT2D eigenvalue weighted by Crippen LogP contribution is -2.36. The number of amides is 1. The molecule has 1 amide bonds. The molecule has 0 aliphatic carbocycles. The smallest absolute Gasteiger partial charge is 0.261 e. The van der Waals surface area contributed by atoms with Crippen molar-refractivity contribution in [3.8, 4) is 0 Å². The predicted molar refractivity (Wildman–Crippen MR) is 116 cm³/mol. The van der Waals surface area contributed by atoms with Crippen molar-refractivity contribution in [2.75, 3.05) is 6.54 Å². The maximum absolute atomic E-state index is 12.9. The summed E-state index contributed by atoms with van der Waals surface area (Å²) < 4.78 is 2.56. The number of hydrogen-bond acceptors (Lipinski definition) is 3. The summed E-state index contributed by atoms with van der Waals surface area (Å²) in [6, 6.07) is 13.4. The minimum atomic E-state index is -0.106. The molecule has 146 valence electrons. The van der Waals surface area contributed by atoms with Crippen molar-refractivity contribution in [3.63, 3.8) is 0 Å². The number of aromatic amines is 1. The van der Waals surface area contributed by atoms with Crippen molar-refractivity contribution in [2.45, 2.75) is 25.9 Å². The van der Waals surface area contributed by atoms with Gasteiger partial charge in [-0.3, -0.25) is 14.2 Å². The number of fused-ring (bicyclic) bond motifs is 4. The molecule has 0 radical (unpaired) electrons. The molecule has 3 heterocycles. The summed E-state index contributed by atoms with van der Waals surface area (Å²) in [7, 11) is 0. The number of para-hydroxylation sites is 2. The van der Waals surface area contributed by atoms with Crippen LogP contribution < -0.4 is 5.56 Å². The number of aryl methyl sites for hydroxylation is 1. The third-order valence-corrected chi connectivity index (χ3v) is 6.27. The molecular formula is C22H19BrN4O2. The highest BCUT2D eigenvalue weighted by molar-refractivity contribution is 9.10. The fraction of sp³-hybridized carbons (Fsp3) is 0.227. The van der Waals surface area contributed by atoms with Gasteiger partial charge in [-0.15, -0.1) is 0 Å². The molecule has 0 unspecified atom stereocenters. The van der Waals surface area contributed by atoms with Gasteiger partial charge in [-0.2, -0.15) is 0 Å². The fourth-order valence-corrected chi connectivity index (χ4v) is 4.52. The van der Waals surface area contributed by atoms with Crippen LogP contribution in [0.3, 0.4) is 0 Å². The zero-order valence-corrected chi connectivity index (χ0v) is 17.3. The Morgan fingerprint density at radius 3 is 2.86 bits per heavy atom. The summed E-state index contributed by atoms with van der Waals surface area (Å²) in [5.41, 5.74) is 4.04. The number of aromatic nitrogens is 3. The van der Waals surface area contributed by atoms with Gasteiger partial charge in [0.2, 0.25) is 5.91 Å². The Bertz CT molecular complexity index is 1310. The highest BCUT2D eigenvalue weighted by Crippen LogP contribution is 2.31. The first-order chi connectivity index (χ1) is 14.1. The lowest BCUT2D eigenvalue weighted by atomic mass is 10.0. The summed E-state index contributed by atoms with van der Waals surface area (Å²) in [6.45, 7) is 1.61. The molecule has 0 spiro atoms. The number of hydrogen-bond donors (Lipinski definition) is 1. The molecule has 1 aliphatic rings. The molecule has 0 fully saturated rings. The number of carbonyl (C=O) groups is 1. The summed E-state index contributed by atoms with van der Waals surface area (Å²) in [4.78, 5) is 35.2. The number of benzene rings is 2. The molecule has 0 bridgehead atoms. The maximum atomic E-state index is 12.9. The van der Waals surface area contributed by atoms with Crippen molar-refractivity contribution in [3.05, 3.63) is 74.9 Å². The molecule has 2 aromatic heterocycles. The summed E-state index contributed by atoms with van der Waals surface area (Å²) in [5, 5.41) is 1.73. The number of H-pyrrole nitrogens is 1. The minimum Gasteiger partial charge on any atom is -0.357 e. The van der Waals surface area contributed by atoms with Gasteiger partial charge in [0.15, 0.2) is 0 Å². The Kier molecular flexibility index (Phi) is 4.47. The average molecular weight is 451 g/mol. The van der Waals surface area contributed by atoms with E-state index < -0.39 is 0 Å². The second-order valence-corrected chi connectivity index (χ2v) is 8.17. The predicted octanol–water partition coefficient (Wildman–Crippen LogP) is 3.62. The molecule has 4 aromatic rings. The van der Waals surface area contributed by atoms with E-state index in [1.807, 2.05) is 35.2 Å². The lowest BCUT2D eigenvalue weighted by Gasteiger charge is -2.27. The molecule has 7 heteroatoms. The van der Waals surface area contributed by atoms with E-state index in [1.165, 1.54) is 22.2 Å². The standard InChI is InChI=1S/C22H19BrN4O2/c23-17-6-3-5-14-16-12-26(10-8-19(16)25-21(14)17)20(28)9-11-27-13-24-18-7-2-1-4-15(18)22(27)29/h1-7,13,25H,8-12H2. The zero-order valence-electron chi connectivity index (χ0n) is 15.7. The van der Waals surface area contributed by atoms with E-state index in [4.69, 9.17) is 0 Å². The first-order valence-electron chi connectivity index (χ1n) is 9.62. The SMILES string of the molecule is O=C(CCn1cnc2ccccc2c1=O)N1CCc2[nH]c3c(Br)cccc3c2C1. The van der Waals surface area contributed by atoms with Crippen molar-refractivity contribution < 1.29 is 4.79 Å². The molecule has 6 nitrogen and oxygen atoms in total. The largest absolute Gasteiger partial charge is 0.357 e. The van der Waals surface area contributed by atoms with E-state index in [2.05, 4.69) is 32.0 Å². The molecular weight excluding hydrogens is 432 g/mol. The van der Waals surface area contributed by atoms with E-state index in [1.54, 1.807) is 6.07 Å². The highest BCUT2D eigenvalue weighted by atomic mass is 79.9. The number of nitrogens with one attached hydrogen (secondary N) is 1. The van der Waals surface area contributed by atoms with Gasteiger partial charge < -0.3 is 9.88 Å². The van der Waals surface area contributed by atoms with Gasteiger partial charge >= 0.3 is 0 Å². The highest BCUT2D eigenvalue weighted by Gasteiger charge is 2.24. The monoisotopic (exact) mass is 450 g/mol. The Morgan fingerprint density at radius 1 is 1.14 bits per heavy atom. The Morgan fingerprint density at radius 2 is 1.97 bits per heavy atom. The molecule has 2 aromatic carbocycles. The van der Waals surface area contributed by atoms with Crippen molar-refractivity contribution in [2.24, 2.45) is 0 Å². The van der Waals surface area contributed by atoms with E-state index >= 15 is 0 Å². The lowest BCUT2D eigenvalue weighted by molar-refractivity contribution is -0.132. The molecule has 1 N–H and O–H groups in total. The number of rotatable bonds is 3.